The molecule has 184 valence electrons. The molecule has 0 amide bonds. The second-order valence-corrected chi connectivity index (χ2v) is 9.57. The SMILES string of the molecule is O=C(/C=C/c1ccc(Cl)cc1)c1cccc(Cl)c1.O=C(CCc1ccc(Cl)cc1)c1cccc(Cl)c1.[Zn]. The monoisotopic (exact) mass is 618 g/mol. The zero-order chi connectivity index (χ0) is 25.9. The molecule has 4 aromatic carbocycles. The molecule has 0 spiro atoms. The van der Waals surface area contributed by atoms with E-state index in [0.29, 0.717) is 44.1 Å². The number of Topliss-reactive ketones (excluding diaryl/α,β-unsaturated/α-hetero) is 1. The van der Waals surface area contributed by atoms with Crippen molar-refractivity contribution >= 4 is 64.0 Å². The first-order chi connectivity index (χ1) is 17.3. The molecular formula is C30H22Cl4O2Zn. The number of aryl methyl sites for hydroxylation is 1. The van der Waals surface area contributed by atoms with Gasteiger partial charge in [0.05, 0.1) is 0 Å². The Morgan fingerprint density at radius 3 is 1.70 bits per heavy atom. The first kappa shape index (κ1) is 31.0. The van der Waals surface area contributed by atoms with Crippen molar-refractivity contribution in [1.29, 1.82) is 0 Å². The van der Waals surface area contributed by atoms with Gasteiger partial charge in [-0.05, 0) is 72.2 Å². The number of carbonyl (C=O) groups excluding carboxylic acids is 2. The van der Waals surface area contributed by atoms with Gasteiger partial charge in [0, 0.05) is 57.1 Å². The molecule has 0 radical (unpaired) electrons. The Bertz CT molecular complexity index is 1350. The molecule has 0 saturated heterocycles. The summed E-state index contributed by atoms with van der Waals surface area (Å²) in [7, 11) is 0. The summed E-state index contributed by atoms with van der Waals surface area (Å²) in [6.07, 6.45) is 4.46. The largest absolute Gasteiger partial charge is 0.294 e. The van der Waals surface area contributed by atoms with Gasteiger partial charge in [0.15, 0.2) is 11.6 Å². The van der Waals surface area contributed by atoms with Gasteiger partial charge in [-0.25, -0.2) is 0 Å². The number of hydrogen-bond donors (Lipinski definition) is 0. The van der Waals surface area contributed by atoms with Gasteiger partial charge in [-0.15, -0.1) is 0 Å². The minimum absolute atomic E-state index is 0. The number of ketones is 2. The maximum Gasteiger partial charge on any atom is 0.185 e. The first-order valence-electron chi connectivity index (χ1n) is 11.1. The molecule has 7 heteroatoms. The quantitative estimate of drug-likeness (QED) is 0.117. The second kappa shape index (κ2) is 15.9. The third-order valence-corrected chi connectivity index (χ3v) is 6.08. The molecule has 0 aliphatic heterocycles. The second-order valence-electron chi connectivity index (χ2n) is 7.82. The van der Waals surface area contributed by atoms with E-state index >= 15 is 0 Å². The van der Waals surface area contributed by atoms with Crippen LogP contribution in [-0.4, -0.2) is 11.6 Å². The average molecular weight is 622 g/mol. The number of hydrogen-bond acceptors (Lipinski definition) is 2. The van der Waals surface area contributed by atoms with E-state index in [9.17, 15) is 9.59 Å². The number of rotatable bonds is 7. The molecule has 4 rings (SSSR count). The van der Waals surface area contributed by atoms with Gasteiger partial charge in [-0.2, -0.15) is 0 Å². The van der Waals surface area contributed by atoms with E-state index in [4.69, 9.17) is 46.4 Å². The zero-order valence-electron chi connectivity index (χ0n) is 19.8. The Kier molecular flexibility index (Phi) is 13.3. The van der Waals surface area contributed by atoms with Crippen molar-refractivity contribution in [3.63, 3.8) is 0 Å². The summed E-state index contributed by atoms with van der Waals surface area (Å²) in [4.78, 5) is 23.8. The fourth-order valence-corrected chi connectivity index (χ4v) is 3.83. The fourth-order valence-electron chi connectivity index (χ4n) is 3.20. The van der Waals surface area contributed by atoms with Crippen LogP contribution in [0.3, 0.4) is 0 Å². The molecule has 0 fully saturated rings. The molecule has 0 saturated carbocycles. The van der Waals surface area contributed by atoms with E-state index in [1.165, 1.54) is 6.08 Å². The molecule has 4 aromatic rings. The molecular weight excluding hydrogens is 600 g/mol. The van der Waals surface area contributed by atoms with Crippen molar-refractivity contribution in [2.24, 2.45) is 0 Å². The molecule has 37 heavy (non-hydrogen) atoms. The summed E-state index contributed by atoms with van der Waals surface area (Å²) < 4.78 is 0. The summed E-state index contributed by atoms with van der Waals surface area (Å²) in [5, 5.41) is 2.53. The Morgan fingerprint density at radius 2 is 1.14 bits per heavy atom. The van der Waals surface area contributed by atoms with Crippen LogP contribution in [0.4, 0.5) is 0 Å². The molecule has 0 unspecified atom stereocenters. The predicted molar refractivity (Wildman–Crippen MR) is 152 cm³/mol. The number of carbonyl (C=O) groups is 2. The summed E-state index contributed by atoms with van der Waals surface area (Å²) in [5.74, 6) is 0.0277. The maximum atomic E-state index is 12.0. The van der Waals surface area contributed by atoms with Crippen LogP contribution in [0.5, 0.6) is 0 Å². The number of halogens is 4. The minimum Gasteiger partial charge on any atom is -0.294 e. The van der Waals surface area contributed by atoms with Gasteiger partial charge >= 0.3 is 0 Å². The minimum atomic E-state index is -0.0764. The van der Waals surface area contributed by atoms with Gasteiger partial charge in [0.1, 0.15) is 0 Å². The van der Waals surface area contributed by atoms with Crippen molar-refractivity contribution in [3.8, 4) is 0 Å². The number of benzene rings is 4. The first-order valence-corrected chi connectivity index (χ1v) is 12.6. The van der Waals surface area contributed by atoms with Gasteiger partial charge in [0.2, 0.25) is 0 Å². The van der Waals surface area contributed by atoms with E-state index in [2.05, 4.69) is 0 Å². The summed E-state index contributed by atoms with van der Waals surface area (Å²) in [6.45, 7) is 0. The van der Waals surface area contributed by atoms with Gasteiger partial charge in [-0.3, -0.25) is 9.59 Å². The number of allylic oxidation sites excluding steroid dienone is 1. The Hall–Kier alpha value is -2.26. The third kappa shape index (κ3) is 10.9. The van der Waals surface area contributed by atoms with Crippen LogP contribution in [0, 0.1) is 0 Å². The van der Waals surface area contributed by atoms with Crippen molar-refractivity contribution in [1.82, 2.24) is 0 Å². The van der Waals surface area contributed by atoms with E-state index in [1.54, 1.807) is 66.7 Å². The van der Waals surface area contributed by atoms with Crippen LogP contribution in [0.15, 0.2) is 103 Å². The molecule has 0 N–H and O–H groups in total. The summed E-state index contributed by atoms with van der Waals surface area (Å²) in [5.41, 5.74) is 3.27. The molecule has 0 aliphatic carbocycles. The smallest absolute Gasteiger partial charge is 0.185 e. The molecule has 0 bridgehead atoms. The molecule has 2 nitrogen and oxygen atoms in total. The molecule has 0 aliphatic rings. The van der Waals surface area contributed by atoms with E-state index in [1.807, 2.05) is 36.4 Å². The van der Waals surface area contributed by atoms with Crippen LogP contribution >= 0.6 is 46.4 Å². The van der Waals surface area contributed by atoms with Crippen LogP contribution < -0.4 is 0 Å². The summed E-state index contributed by atoms with van der Waals surface area (Å²) >= 11 is 23.3. The van der Waals surface area contributed by atoms with Gasteiger partial charge in [0.25, 0.3) is 0 Å². The molecule has 0 atom stereocenters. The van der Waals surface area contributed by atoms with E-state index < -0.39 is 0 Å². The topological polar surface area (TPSA) is 34.1 Å². The van der Waals surface area contributed by atoms with Crippen LogP contribution in [-0.2, 0) is 25.9 Å². The zero-order valence-corrected chi connectivity index (χ0v) is 25.8. The fraction of sp³-hybridized carbons (Fsp3) is 0.0667. The van der Waals surface area contributed by atoms with Crippen LogP contribution in [0.2, 0.25) is 20.1 Å². The summed E-state index contributed by atoms with van der Waals surface area (Å²) in [6, 6.07) is 28.7. The molecule has 0 aromatic heterocycles. The van der Waals surface area contributed by atoms with E-state index in [0.717, 1.165) is 11.1 Å². The standard InChI is InChI=1S/C15H12Cl2O.C15H10Cl2O.Zn/c2*16-13-7-4-11(5-8-13)6-9-15(18)12-2-1-3-14(17)10-12;/h1-5,7-8,10H,6,9H2;1-10H;/b;9-6+;. The van der Waals surface area contributed by atoms with Crippen LogP contribution in [0.1, 0.15) is 38.3 Å². The van der Waals surface area contributed by atoms with Crippen LogP contribution in [0.25, 0.3) is 6.08 Å². The van der Waals surface area contributed by atoms with Crippen molar-refractivity contribution in [2.75, 3.05) is 0 Å². The predicted octanol–water partition coefficient (Wildman–Crippen LogP) is 9.70. The Balaban J connectivity index is 0.000000253. The Labute approximate surface area is 250 Å². The maximum absolute atomic E-state index is 12.0. The normalized spacial score (nSPS) is 10.3. The van der Waals surface area contributed by atoms with Gasteiger partial charge in [-0.1, -0.05) is 101 Å². The Morgan fingerprint density at radius 1 is 0.622 bits per heavy atom. The van der Waals surface area contributed by atoms with Crippen molar-refractivity contribution < 1.29 is 29.1 Å². The van der Waals surface area contributed by atoms with Gasteiger partial charge < -0.3 is 0 Å². The molecule has 0 heterocycles. The van der Waals surface area contributed by atoms with E-state index in [-0.39, 0.29) is 31.0 Å². The average Bonchev–Trinajstić information content (AvgIpc) is 2.88. The van der Waals surface area contributed by atoms with Crippen molar-refractivity contribution in [2.45, 2.75) is 12.8 Å². The van der Waals surface area contributed by atoms with Crippen molar-refractivity contribution in [3.05, 3.63) is 145 Å². The third-order valence-electron chi connectivity index (χ3n) is 5.11.